The van der Waals surface area contributed by atoms with Gasteiger partial charge < -0.3 is 10.2 Å². The van der Waals surface area contributed by atoms with Crippen molar-refractivity contribution in [3.63, 3.8) is 0 Å². The molecule has 1 atom stereocenters. The number of aryl methyl sites for hydroxylation is 2. The van der Waals surface area contributed by atoms with Gasteiger partial charge in [-0.25, -0.2) is 8.42 Å². The van der Waals surface area contributed by atoms with Crippen molar-refractivity contribution in [1.29, 1.82) is 0 Å². The van der Waals surface area contributed by atoms with Gasteiger partial charge >= 0.3 is 0 Å². The first kappa shape index (κ1) is 35.0. The van der Waals surface area contributed by atoms with Crippen LogP contribution in [0.25, 0.3) is 0 Å². The molecule has 0 bridgehead atoms. The number of nitrogens with zero attached hydrogens (tertiary/aromatic N) is 2. The highest BCUT2D eigenvalue weighted by Gasteiger charge is 2.36. The maximum Gasteiger partial charge on any atom is 0.264 e. The lowest BCUT2D eigenvalue weighted by molar-refractivity contribution is -0.140. The summed E-state index contributed by atoms with van der Waals surface area (Å²) in [5, 5.41) is 3.60. The van der Waals surface area contributed by atoms with Crippen LogP contribution in [-0.2, 0) is 39.0 Å². The molecule has 0 spiro atoms. The molecule has 242 valence electrons. The second-order valence-electron chi connectivity index (χ2n) is 11.4. The number of sulfonamides is 1. The molecule has 0 saturated heterocycles. The van der Waals surface area contributed by atoms with E-state index in [1.54, 1.807) is 42.5 Å². The minimum Gasteiger partial charge on any atom is -0.352 e. The maximum absolute atomic E-state index is 14.7. The second kappa shape index (κ2) is 15.6. The summed E-state index contributed by atoms with van der Waals surface area (Å²) < 4.78 is 29.8. The van der Waals surface area contributed by atoms with Crippen molar-refractivity contribution >= 4 is 50.7 Å². The van der Waals surface area contributed by atoms with E-state index in [2.05, 4.69) is 5.32 Å². The summed E-state index contributed by atoms with van der Waals surface area (Å²) in [6.07, 6.45) is 0.722. The summed E-state index contributed by atoms with van der Waals surface area (Å²) in [5.41, 5.74) is 3.33. The number of nitrogens with one attached hydrogen (secondary N) is 1. The standard InChI is InChI=1S/C36H39Cl2N3O4S/c1-5-28-14-9-10-17-33(28)41(46(44,45)29-20-18-26(4)19-21-29)24-35(42)40(23-30-31(37)15-11-16-32(30)38)34(36(43)39-25(2)3)22-27-12-7-6-8-13-27/h6-21,25,34H,5,22-24H2,1-4H3,(H,39,43)/t34-/m1/s1. The Morgan fingerprint density at radius 2 is 1.43 bits per heavy atom. The Kier molecular flexibility index (Phi) is 11.9. The molecule has 7 nitrogen and oxygen atoms in total. The second-order valence-corrected chi connectivity index (χ2v) is 14.1. The molecular formula is C36H39Cl2N3O4S. The number of benzene rings is 4. The van der Waals surface area contributed by atoms with E-state index < -0.39 is 28.5 Å². The van der Waals surface area contributed by atoms with Crippen LogP contribution in [0.4, 0.5) is 5.69 Å². The van der Waals surface area contributed by atoms with Gasteiger partial charge in [0, 0.05) is 34.6 Å². The first-order chi connectivity index (χ1) is 21.9. The lowest BCUT2D eigenvalue weighted by atomic mass is 10.0. The topological polar surface area (TPSA) is 86.8 Å². The molecule has 4 rings (SSSR count). The lowest BCUT2D eigenvalue weighted by Crippen LogP contribution is -2.54. The zero-order chi connectivity index (χ0) is 33.4. The summed E-state index contributed by atoms with van der Waals surface area (Å²) in [4.78, 5) is 30.0. The molecule has 1 N–H and O–H groups in total. The Hall–Kier alpha value is -3.85. The number of anilines is 1. The Balaban J connectivity index is 1.87. The molecule has 0 aliphatic heterocycles. The first-order valence-corrected chi connectivity index (χ1v) is 17.4. The fourth-order valence-corrected chi connectivity index (χ4v) is 7.16. The van der Waals surface area contributed by atoms with Crippen LogP contribution in [0, 0.1) is 6.92 Å². The fourth-order valence-electron chi connectivity index (χ4n) is 5.19. The monoisotopic (exact) mass is 679 g/mol. The number of carbonyl (C=O) groups excluding carboxylic acids is 2. The third kappa shape index (κ3) is 8.49. The van der Waals surface area contributed by atoms with E-state index in [0.29, 0.717) is 27.7 Å². The van der Waals surface area contributed by atoms with Crippen LogP contribution in [0.2, 0.25) is 10.0 Å². The van der Waals surface area contributed by atoms with Gasteiger partial charge in [0.2, 0.25) is 11.8 Å². The summed E-state index contributed by atoms with van der Waals surface area (Å²) in [6.45, 7) is 6.80. The quantitative estimate of drug-likeness (QED) is 0.162. The van der Waals surface area contributed by atoms with E-state index in [1.807, 2.05) is 70.2 Å². The predicted molar refractivity (Wildman–Crippen MR) is 186 cm³/mol. The Labute approximate surface area is 282 Å². The van der Waals surface area contributed by atoms with E-state index >= 15 is 0 Å². The minimum absolute atomic E-state index is 0.0518. The molecule has 0 radical (unpaired) electrons. The molecule has 0 unspecified atom stereocenters. The minimum atomic E-state index is -4.21. The van der Waals surface area contributed by atoms with Crippen molar-refractivity contribution in [3.8, 4) is 0 Å². The molecule has 10 heteroatoms. The van der Waals surface area contributed by atoms with Crippen LogP contribution in [-0.4, -0.2) is 43.8 Å². The molecule has 0 heterocycles. The van der Waals surface area contributed by atoms with Gasteiger partial charge in [-0.1, -0.05) is 102 Å². The number of rotatable bonds is 13. The van der Waals surface area contributed by atoms with Gasteiger partial charge in [-0.15, -0.1) is 0 Å². The molecule has 4 aromatic carbocycles. The smallest absolute Gasteiger partial charge is 0.264 e. The lowest BCUT2D eigenvalue weighted by Gasteiger charge is -2.35. The van der Waals surface area contributed by atoms with Crippen LogP contribution >= 0.6 is 23.2 Å². The fraction of sp³-hybridized carbons (Fsp3) is 0.278. The molecule has 0 aliphatic rings. The van der Waals surface area contributed by atoms with Gasteiger partial charge in [0.1, 0.15) is 12.6 Å². The zero-order valence-electron chi connectivity index (χ0n) is 26.4. The SMILES string of the molecule is CCc1ccccc1N(CC(=O)N(Cc1c(Cl)cccc1Cl)[C@H](Cc1ccccc1)C(=O)NC(C)C)S(=O)(=O)c1ccc(C)cc1. The number of hydrogen-bond donors (Lipinski definition) is 1. The van der Waals surface area contributed by atoms with E-state index in [0.717, 1.165) is 21.0 Å². The number of amides is 2. The molecule has 0 saturated carbocycles. The molecule has 0 aliphatic carbocycles. The highest BCUT2D eigenvalue weighted by Crippen LogP contribution is 2.30. The van der Waals surface area contributed by atoms with E-state index in [9.17, 15) is 18.0 Å². The van der Waals surface area contributed by atoms with Crippen LogP contribution in [0.15, 0.2) is 102 Å². The van der Waals surface area contributed by atoms with Crippen LogP contribution in [0.5, 0.6) is 0 Å². The van der Waals surface area contributed by atoms with Crippen molar-refractivity contribution in [3.05, 3.63) is 129 Å². The average Bonchev–Trinajstić information content (AvgIpc) is 3.03. The van der Waals surface area contributed by atoms with Crippen molar-refractivity contribution in [1.82, 2.24) is 10.2 Å². The van der Waals surface area contributed by atoms with Gasteiger partial charge in [-0.05, 0) is 68.7 Å². The van der Waals surface area contributed by atoms with Crippen molar-refractivity contribution in [2.24, 2.45) is 0 Å². The number of hydrogen-bond acceptors (Lipinski definition) is 4. The maximum atomic E-state index is 14.7. The summed E-state index contributed by atoms with van der Waals surface area (Å²) in [5.74, 6) is -0.963. The number of carbonyl (C=O) groups is 2. The third-order valence-electron chi connectivity index (χ3n) is 7.62. The van der Waals surface area contributed by atoms with E-state index in [4.69, 9.17) is 23.2 Å². The molecule has 4 aromatic rings. The predicted octanol–water partition coefficient (Wildman–Crippen LogP) is 7.22. The number of halogens is 2. The van der Waals surface area contributed by atoms with Gasteiger partial charge in [-0.2, -0.15) is 0 Å². The molecule has 0 aromatic heterocycles. The van der Waals surface area contributed by atoms with Gasteiger partial charge in [0.25, 0.3) is 10.0 Å². The Morgan fingerprint density at radius 3 is 2.04 bits per heavy atom. The van der Waals surface area contributed by atoms with Crippen molar-refractivity contribution in [2.45, 2.75) is 64.1 Å². The van der Waals surface area contributed by atoms with E-state index in [-0.39, 0.29) is 29.8 Å². The highest BCUT2D eigenvalue weighted by molar-refractivity contribution is 7.92. The summed E-state index contributed by atoms with van der Waals surface area (Å²) in [7, 11) is -4.21. The summed E-state index contributed by atoms with van der Waals surface area (Å²) >= 11 is 13.2. The third-order valence-corrected chi connectivity index (χ3v) is 10.1. The Morgan fingerprint density at radius 1 is 0.826 bits per heavy atom. The van der Waals surface area contributed by atoms with Gasteiger partial charge in [-0.3, -0.25) is 13.9 Å². The Bertz CT molecular complexity index is 1740. The molecule has 46 heavy (non-hydrogen) atoms. The van der Waals surface area contributed by atoms with Crippen LogP contribution in [0.3, 0.4) is 0 Å². The normalized spacial score (nSPS) is 12.1. The van der Waals surface area contributed by atoms with Gasteiger partial charge in [0.05, 0.1) is 10.6 Å². The molecule has 0 fully saturated rings. The van der Waals surface area contributed by atoms with Crippen molar-refractivity contribution < 1.29 is 18.0 Å². The van der Waals surface area contributed by atoms with Crippen LogP contribution < -0.4 is 9.62 Å². The van der Waals surface area contributed by atoms with Crippen molar-refractivity contribution in [2.75, 3.05) is 10.8 Å². The first-order valence-electron chi connectivity index (χ1n) is 15.2. The molecule has 2 amide bonds. The number of para-hydroxylation sites is 1. The van der Waals surface area contributed by atoms with E-state index in [1.165, 1.54) is 17.0 Å². The molecular weight excluding hydrogens is 641 g/mol. The average molecular weight is 681 g/mol. The summed E-state index contributed by atoms with van der Waals surface area (Å²) in [6, 6.07) is 26.8. The van der Waals surface area contributed by atoms with Gasteiger partial charge in [0.15, 0.2) is 0 Å². The zero-order valence-corrected chi connectivity index (χ0v) is 28.7. The van der Waals surface area contributed by atoms with Crippen LogP contribution in [0.1, 0.15) is 43.0 Å². The highest BCUT2D eigenvalue weighted by atomic mass is 35.5. The largest absolute Gasteiger partial charge is 0.352 e.